The Morgan fingerprint density at radius 1 is 1.08 bits per heavy atom. The summed E-state index contributed by atoms with van der Waals surface area (Å²) in [5.74, 6) is -1.40. The maximum absolute atomic E-state index is 14.3. The van der Waals surface area contributed by atoms with Gasteiger partial charge in [-0.3, -0.25) is 9.52 Å². The first kappa shape index (κ1) is 27.7. The number of alkyl halides is 3. The monoisotopic (exact) mass is 536 g/mol. The van der Waals surface area contributed by atoms with Crippen LogP contribution in [0.5, 0.6) is 0 Å². The first-order chi connectivity index (χ1) is 17.2. The fourth-order valence-electron chi connectivity index (χ4n) is 3.38. The summed E-state index contributed by atoms with van der Waals surface area (Å²) < 4.78 is 78.8. The van der Waals surface area contributed by atoms with Crippen LogP contribution in [0.1, 0.15) is 29.8 Å². The molecule has 37 heavy (non-hydrogen) atoms. The van der Waals surface area contributed by atoms with Crippen LogP contribution in [0.3, 0.4) is 0 Å². The van der Waals surface area contributed by atoms with Gasteiger partial charge in [0.2, 0.25) is 15.9 Å². The van der Waals surface area contributed by atoms with Crippen molar-refractivity contribution in [2.45, 2.75) is 19.1 Å². The van der Waals surface area contributed by atoms with E-state index in [2.05, 4.69) is 15.0 Å². The molecule has 0 aliphatic heterocycles. The minimum Gasteiger partial charge on any atom is -0.346 e. The van der Waals surface area contributed by atoms with E-state index in [9.17, 15) is 30.8 Å². The van der Waals surface area contributed by atoms with Gasteiger partial charge in [0.15, 0.2) is 0 Å². The van der Waals surface area contributed by atoms with Gasteiger partial charge in [-0.05, 0) is 55.0 Å². The third-order valence-electron chi connectivity index (χ3n) is 5.22. The standard InChI is InChI=1S/C25H24F4N4O3S/c1-16(18-9-12-21(20(26)15-18)32-37(3,35)36)30-23(34)14-11-17-10-13-22(25(27,28)29)31-24(17)33(2)19-7-5-4-6-8-19/h4-16,32H,1-3H3,(H,30,34)/b14-11-. The van der Waals surface area contributed by atoms with Crippen LogP contribution < -0.4 is 14.9 Å². The average Bonchev–Trinajstić information content (AvgIpc) is 2.82. The first-order valence-corrected chi connectivity index (χ1v) is 12.8. The van der Waals surface area contributed by atoms with Gasteiger partial charge >= 0.3 is 6.18 Å². The van der Waals surface area contributed by atoms with Gasteiger partial charge < -0.3 is 10.2 Å². The quantitative estimate of drug-likeness (QED) is 0.302. The minimum absolute atomic E-state index is 0.00541. The largest absolute Gasteiger partial charge is 0.433 e. The van der Waals surface area contributed by atoms with Crippen molar-refractivity contribution >= 4 is 39.2 Å². The summed E-state index contributed by atoms with van der Waals surface area (Å²) in [4.78, 5) is 17.8. The Morgan fingerprint density at radius 3 is 2.35 bits per heavy atom. The normalized spacial score (nSPS) is 12.8. The van der Waals surface area contributed by atoms with Crippen molar-refractivity contribution in [2.75, 3.05) is 22.9 Å². The van der Waals surface area contributed by atoms with Crippen molar-refractivity contribution in [3.05, 3.63) is 89.4 Å². The molecule has 3 aromatic rings. The number of carbonyl (C=O) groups is 1. The molecule has 0 fully saturated rings. The molecule has 0 aliphatic rings. The van der Waals surface area contributed by atoms with Crippen molar-refractivity contribution in [3.8, 4) is 0 Å². The highest BCUT2D eigenvalue weighted by Gasteiger charge is 2.33. The lowest BCUT2D eigenvalue weighted by Gasteiger charge is -2.21. The highest BCUT2D eigenvalue weighted by Crippen LogP contribution is 2.33. The summed E-state index contributed by atoms with van der Waals surface area (Å²) >= 11 is 0. The molecule has 7 nitrogen and oxygen atoms in total. The maximum Gasteiger partial charge on any atom is 0.433 e. The first-order valence-electron chi connectivity index (χ1n) is 10.9. The Kier molecular flexibility index (Phi) is 8.22. The lowest BCUT2D eigenvalue weighted by Crippen LogP contribution is -2.25. The predicted molar refractivity (Wildman–Crippen MR) is 134 cm³/mol. The number of rotatable bonds is 8. The number of aromatic nitrogens is 1. The number of carbonyl (C=O) groups excluding carboxylic acids is 1. The van der Waals surface area contributed by atoms with E-state index in [1.54, 1.807) is 44.3 Å². The summed E-state index contributed by atoms with van der Waals surface area (Å²) in [7, 11) is -2.10. The zero-order valence-electron chi connectivity index (χ0n) is 20.0. The van der Waals surface area contributed by atoms with E-state index in [0.29, 0.717) is 11.3 Å². The van der Waals surface area contributed by atoms with Crippen LogP contribution in [0.4, 0.5) is 34.8 Å². The van der Waals surface area contributed by atoms with Crippen molar-refractivity contribution < 1.29 is 30.8 Å². The van der Waals surface area contributed by atoms with Crippen LogP contribution in [-0.2, 0) is 21.0 Å². The van der Waals surface area contributed by atoms with Gasteiger partial charge in [-0.15, -0.1) is 0 Å². The number of nitrogens with one attached hydrogen (secondary N) is 2. The molecule has 12 heteroatoms. The summed E-state index contributed by atoms with van der Waals surface area (Å²) in [5.41, 5.74) is -0.0628. The van der Waals surface area contributed by atoms with Gasteiger partial charge in [0.1, 0.15) is 17.3 Å². The lowest BCUT2D eigenvalue weighted by molar-refractivity contribution is -0.141. The Bertz CT molecular complexity index is 1410. The predicted octanol–water partition coefficient (Wildman–Crippen LogP) is 5.27. The van der Waals surface area contributed by atoms with E-state index < -0.39 is 39.7 Å². The van der Waals surface area contributed by atoms with Gasteiger partial charge in [-0.25, -0.2) is 17.8 Å². The third kappa shape index (κ3) is 7.53. The Morgan fingerprint density at radius 2 is 1.76 bits per heavy atom. The number of hydrogen-bond donors (Lipinski definition) is 2. The van der Waals surface area contributed by atoms with Crippen LogP contribution in [0.25, 0.3) is 6.08 Å². The second-order valence-electron chi connectivity index (χ2n) is 8.18. The molecule has 1 unspecified atom stereocenters. The number of halogens is 4. The van der Waals surface area contributed by atoms with Crippen LogP contribution in [-0.4, -0.2) is 32.6 Å². The maximum atomic E-state index is 14.3. The second kappa shape index (κ2) is 11.0. The van der Waals surface area contributed by atoms with Crippen LogP contribution in [0.15, 0.2) is 66.7 Å². The van der Waals surface area contributed by atoms with Crippen molar-refractivity contribution in [1.29, 1.82) is 0 Å². The molecule has 0 saturated heterocycles. The molecule has 0 radical (unpaired) electrons. The number of benzene rings is 2. The summed E-state index contributed by atoms with van der Waals surface area (Å²) in [5, 5.41) is 2.63. The fraction of sp³-hybridized carbons (Fsp3) is 0.200. The average molecular weight is 537 g/mol. The Labute approximate surface area is 211 Å². The third-order valence-corrected chi connectivity index (χ3v) is 5.81. The number of pyridine rings is 1. The van der Waals surface area contributed by atoms with E-state index in [-0.39, 0.29) is 17.1 Å². The number of amides is 1. The van der Waals surface area contributed by atoms with Crippen LogP contribution in [0, 0.1) is 5.82 Å². The molecule has 3 rings (SSSR count). The molecule has 0 spiro atoms. The second-order valence-corrected chi connectivity index (χ2v) is 9.93. The Balaban J connectivity index is 1.81. The number of hydrogen-bond acceptors (Lipinski definition) is 5. The summed E-state index contributed by atoms with van der Waals surface area (Å²) in [6.07, 6.45) is -1.28. The zero-order chi connectivity index (χ0) is 27.4. The Hall–Kier alpha value is -3.93. The van der Waals surface area contributed by atoms with Gasteiger partial charge in [0.05, 0.1) is 18.0 Å². The van der Waals surface area contributed by atoms with E-state index in [0.717, 1.165) is 24.5 Å². The van der Waals surface area contributed by atoms with E-state index in [4.69, 9.17) is 0 Å². The zero-order valence-corrected chi connectivity index (χ0v) is 20.9. The van der Waals surface area contributed by atoms with Crippen molar-refractivity contribution in [1.82, 2.24) is 10.3 Å². The SMILES string of the molecule is CC(NC(=O)/C=C\c1ccc(C(F)(F)F)nc1N(C)c1ccccc1)c1ccc(NS(C)(=O)=O)c(F)c1. The van der Waals surface area contributed by atoms with Gasteiger partial charge in [-0.2, -0.15) is 13.2 Å². The van der Waals surface area contributed by atoms with E-state index in [1.807, 2.05) is 0 Å². The fourth-order valence-corrected chi connectivity index (χ4v) is 3.95. The van der Waals surface area contributed by atoms with Gasteiger partial charge in [0.25, 0.3) is 0 Å². The van der Waals surface area contributed by atoms with Crippen molar-refractivity contribution in [3.63, 3.8) is 0 Å². The van der Waals surface area contributed by atoms with Gasteiger partial charge in [-0.1, -0.05) is 24.3 Å². The molecule has 2 aromatic carbocycles. The molecule has 0 bridgehead atoms. The molecular weight excluding hydrogens is 512 g/mol. The summed E-state index contributed by atoms with van der Waals surface area (Å²) in [6.45, 7) is 1.60. The molecular formula is C25H24F4N4O3S. The lowest BCUT2D eigenvalue weighted by atomic mass is 10.1. The van der Waals surface area contributed by atoms with Crippen LogP contribution in [0.2, 0.25) is 0 Å². The highest BCUT2D eigenvalue weighted by molar-refractivity contribution is 7.92. The minimum atomic E-state index is -4.65. The molecule has 0 aliphatic carbocycles. The van der Waals surface area contributed by atoms with E-state index in [1.165, 1.54) is 29.2 Å². The number of para-hydroxylation sites is 1. The molecule has 1 heterocycles. The molecule has 2 N–H and O–H groups in total. The smallest absolute Gasteiger partial charge is 0.346 e. The van der Waals surface area contributed by atoms with Gasteiger partial charge in [0, 0.05) is 24.4 Å². The number of sulfonamides is 1. The molecule has 1 atom stereocenters. The highest BCUT2D eigenvalue weighted by atomic mass is 32.2. The van der Waals surface area contributed by atoms with Crippen molar-refractivity contribution in [2.24, 2.45) is 0 Å². The molecule has 196 valence electrons. The van der Waals surface area contributed by atoms with E-state index >= 15 is 0 Å². The topological polar surface area (TPSA) is 91.4 Å². The number of nitrogens with zero attached hydrogens (tertiary/aromatic N) is 2. The molecule has 0 saturated carbocycles. The number of anilines is 3. The molecule has 1 aromatic heterocycles. The summed E-state index contributed by atoms with van der Waals surface area (Å²) in [6, 6.07) is 13.8. The van der Waals surface area contributed by atoms with Crippen LogP contribution >= 0.6 is 0 Å². The molecule has 1 amide bonds.